The Kier molecular flexibility index (Phi) is 5.38. The number of benzene rings is 1. The minimum absolute atomic E-state index is 0.130. The highest BCUT2D eigenvalue weighted by Gasteiger charge is 2.31. The Morgan fingerprint density at radius 3 is 2.75 bits per heavy atom. The number of aryl methyl sites for hydroxylation is 1. The van der Waals surface area contributed by atoms with Crippen molar-refractivity contribution in [2.45, 2.75) is 19.9 Å². The van der Waals surface area contributed by atoms with Gasteiger partial charge >= 0.3 is 0 Å². The molecule has 0 bridgehead atoms. The molecule has 0 amide bonds. The molecule has 3 aromatic rings. The molecule has 4 rings (SSSR count). The third-order valence-corrected chi connectivity index (χ3v) is 5.84. The topological polar surface area (TPSA) is 81.4 Å². The van der Waals surface area contributed by atoms with Crippen molar-refractivity contribution in [3.8, 4) is 17.4 Å². The molecule has 1 aliphatic rings. The summed E-state index contributed by atoms with van der Waals surface area (Å²) in [5.41, 5.74) is 1.01. The number of thiazole rings is 1. The molecule has 0 spiro atoms. The number of fused-ring (bicyclic) bond motifs is 1. The maximum absolute atomic E-state index is 10.9. The lowest BCUT2D eigenvalue weighted by molar-refractivity contribution is 0.0240. The van der Waals surface area contributed by atoms with E-state index < -0.39 is 0 Å². The van der Waals surface area contributed by atoms with E-state index in [0.717, 1.165) is 23.5 Å². The van der Waals surface area contributed by atoms with E-state index in [1.54, 1.807) is 7.11 Å². The van der Waals surface area contributed by atoms with Gasteiger partial charge in [0.15, 0.2) is 11.5 Å². The van der Waals surface area contributed by atoms with Crippen molar-refractivity contribution in [1.82, 2.24) is 19.5 Å². The van der Waals surface area contributed by atoms with E-state index in [4.69, 9.17) is 14.2 Å². The zero-order chi connectivity index (χ0) is 19.7. The van der Waals surface area contributed by atoms with Crippen LogP contribution in [-0.2, 0) is 4.74 Å². The number of hydrogen-bond donors (Lipinski definition) is 1. The summed E-state index contributed by atoms with van der Waals surface area (Å²) in [6, 6.07) is 5.77. The highest BCUT2D eigenvalue weighted by molar-refractivity contribution is 7.17. The van der Waals surface area contributed by atoms with Crippen molar-refractivity contribution in [3.63, 3.8) is 0 Å². The predicted molar refractivity (Wildman–Crippen MR) is 106 cm³/mol. The van der Waals surface area contributed by atoms with Gasteiger partial charge in [-0.3, -0.25) is 4.90 Å². The Balaban J connectivity index is 1.81. The molecular weight excluding hydrogens is 380 g/mol. The first-order valence-corrected chi connectivity index (χ1v) is 10.1. The second kappa shape index (κ2) is 7.94. The lowest BCUT2D eigenvalue weighted by atomic mass is 10.0. The largest absolute Gasteiger partial charge is 0.493 e. The van der Waals surface area contributed by atoms with Crippen LogP contribution in [0.25, 0.3) is 4.96 Å². The van der Waals surface area contributed by atoms with Gasteiger partial charge in [-0.2, -0.15) is 4.52 Å². The lowest BCUT2D eigenvalue weighted by Gasteiger charge is -2.34. The van der Waals surface area contributed by atoms with Crippen LogP contribution in [0.1, 0.15) is 29.2 Å². The van der Waals surface area contributed by atoms with Crippen molar-refractivity contribution < 1.29 is 19.3 Å². The molecule has 0 saturated carbocycles. The summed E-state index contributed by atoms with van der Waals surface area (Å²) in [5.74, 6) is 2.15. The highest BCUT2D eigenvalue weighted by Crippen LogP contribution is 2.42. The summed E-state index contributed by atoms with van der Waals surface area (Å²) in [6.07, 6.45) is 0. The molecule has 2 aromatic heterocycles. The summed E-state index contributed by atoms with van der Waals surface area (Å²) < 4.78 is 18.2. The average molecular weight is 404 g/mol. The van der Waals surface area contributed by atoms with E-state index in [2.05, 4.69) is 15.0 Å². The molecule has 0 aliphatic carbocycles. The van der Waals surface area contributed by atoms with Gasteiger partial charge in [-0.05, 0) is 31.5 Å². The first-order valence-electron chi connectivity index (χ1n) is 9.30. The van der Waals surface area contributed by atoms with Gasteiger partial charge in [0.1, 0.15) is 5.82 Å². The Morgan fingerprint density at radius 2 is 2.07 bits per heavy atom. The van der Waals surface area contributed by atoms with Gasteiger partial charge in [0.05, 0.1) is 37.8 Å². The molecule has 0 radical (unpaired) electrons. The maximum Gasteiger partial charge on any atom is 0.230 e. The second-order valence-corrected chi connectivity index (χ2v) is 7.55. The van der Waals surface area contributed by atoms with E-state index in [1.165, 1.54) is 15.9 Å². The number of rotatable bonds is 6. The van der Waals surface area contributed by atoms with Gasteiger partial charge in [-0.15, -0.1) is 5.10 Å². The Bertz CT molecular complexity index is 964. The first kappa shape index (κ1) is 19.0. The number of aromatic hydroxyl groups is 1. The first-order chi connectivity index (χ1) is 13.6. The number of nitrogens with zero attached hydrogens (tertiary/aromatic N) is 4. The summed E-state index contributed by atoms with van der Waals surface area (Å²) in [7, 11) is 1.63. The van der Waals surface area contributed by atoms with Crippen molar-refractivity contribution >= 4 is 16.3 Å². The Morgan fingerprint density at radius 1 is 1.29 bits per heavy atom. The SMILES string of the molecule is CCOc1ccc([C@@H](c2sc3nc(C)nn3c2O)N2CCOCC2)cc1OC. The van der Waals surface area contributed by atoms with Crippen LogP contribution in [0.5, 0.6) is 17.4 Å². The third-order valence-electron chi connectivity index (χ3n) is 4.77. The second-order valence-electron chi connectivity index (χ2n) is 6.54. The van der Waals surface area contributed by atoms with Gasteiger partial charge in [0, 0.05) is 13.1 Å². The van der Waals surface area contributed by atoms with Crippen molar-refractivity contribution in [2.24, 2.45) is 0 Å². The van der Waals surface area contributed by atoms with Crippen LogP contribution in [0.2, 0.25) is 0 Å². The smallest absolute Gasteiger partial charge is 0.230 e. The Hall–Kier alpha value is -2.36. The van der Waals surface area contributed by atoms with E-state index in [0.29, 0.717) is 42.1 Å². The molecule has 0 unspecified atom stereocenters. The van der Waals surface area contributed by atoms with Gasteiger partial charge in [0.25, 0.3) is 0 Å². The monoisotopic (exact) mass is 404 g/mol. The summed E-state index contributed by atoms with van der Waals surface area (Å²) in [6.45, 7) is 7.18. The summed E-state index contributed by atoms with van der Waals surface area (Å²) in [5, 5.41) is 15.2. The van der Waals surface area contributed by atoms with Crippen molar-refractivity contribution in [3.05, 3.63) is 34.5 Å². The molecule has 28 heavy (non-hydrogen) atoms. The fourth-order valence-electron chi connectivity index (χ4n) is 3.52. The molecule has 9 heteroatoms. The fourth-order valence-corrected chi connectivity index (χ4v) is 4.68. The molecule has 1 fully saturated rings. The van der Waals surface area contributed by atoms with Crippen LogP contribution < -0.4 is 9.47 Å². The molecule has 1 aromatic carbocycles. The zero-order valence-electron chi connectivity index (χ0n) is 16.2. The van der Waals surface area contributed by atoms with Crippen LogP contribution in [0, 0.1) is 6.92 Å². The van der Waals surface area contributed by atoms with Crippen molar-refractivity contribution in [2.75, 3.05) is 40.0 Å². The lowest BCUT2D eigenvalue weighted by Crippen LogP contribution is -2.39. The zero-order valence-corrected chi connectivity index (χ0v) is 17.0. The molecule has 1 aliphatic heterocycles. The van der Waals surface area contributed by atoms with Crippen LogP contribution in [0.15, 0.2) is 18.2 Å². The summed E-state index contributed by atoms with van der Waals surface area (Å²) in [4.78, 5) is 8.20. The Labute approximate surface area is 167 Å². The van der Waals surface area contributed by atoms with E-state index in [-0.39, 0.29) is 11.9 Å². The fraction of sp³-hybridized carbons (Fsp3) is 0.474. The number of aromatic nitrogens is 3. The minimum atomic E-state index is -0.151. The maximum atomic E-state index is 10.9. The van der Waals surface area contributed by atoms with Crippen LogP contribution >= 0.6 is 11.3 Å². The normalized spacial score (nSPS) is 16.4. The molecule has 1 atom stereocenters. The quantitative estimate of drug-likeness (QED) is 0.676. The van der Waals surface area contributed by atoms with E-state index in [9.17, 15) is 5.11 Å². The number of methoxy groups -OCH3 is 1. The molecular formula is C19H24N4O4S. The molecule has 1 saturated heterocycles. The van der Waals surface area contributed by atoms with Crippen LogP contribution in [0.3, 0.4) is 0 Å². The van der Waals surface area contributed by atoms with E-state index in [1.807, 2.05) is 32.0 Å². The third kappa shape index (κ3) is 3.41. The number of hydrogen-bond acceptors (Lipinski definition) is 8. The molecule has 150 valence electrons. The van der Waals surface area contributed by atoms with Gasteiger partial charge < -0.3 is 19.3 Å². The van der Waals surface area contributed by atoms with Crippen LogP contribution in [0.4, 0.5) is 0 Å². The highest BCUT2D eigenvalue weighted by atomic mass is 32.1. The number of morpholine rings is 1. The van der Waals surface area contributed by atoms with Gasteiger partial charge in [-0.1, -0.05) is 17.4 Å². The standard InChI is InChI=1S/C19H24N4O4S/c1-4-27-14-6-5-13(11-15(14)25-3)16(22-7-9-26-10-8-22)17-18(24)23-19(28-17)20-12(2)21-23/h5-6,11,16,24H,4,7-10H2,1-3H3/t16-/m0/s1. The van der Waals surface area contributed by atoms with Crippen molar-refractivity contribution in [1.29, 1.82) is 0 Å². The predicted octanol–water partition coefficient (Wildman–Crippen LogP) is 2.63. The average Bonchev–Trinajstić information content (AvgIpc) is 3.21. The minimum Gasteiger partial charge on any atom is -0.493 e. The molecule has 3 heterocycles. The summed E-state index contributed by atoms with van der Waals surface area (Å²) >= 11 is 1.45. The number of ether oxygens (including phenoxy) is 3. The van der Waals surface area contributed by atoms with E-state index >= 15 is 0 Å². The molecule has 8 nitrogen and oxygen atoms in total. The molecule has 1 N–H and O–H groups in total. The van der Waals surface area contributed by atoms with Gasteiger partial charge in [-0.25, -0.2) is 4.98 Å². The van der Waals surface area contributed by atoms with Crippen LogP contribution in [-0.4, -0.2) is 64.6 Å². The van der Waals surface area contributed by atoms with Gasteiger partial charge in [0.2, 0.25) is 10.8 Å².